The third-order valence-corrected chi connectivity index (χ3v) is 0.361. The maximum atomic E-state index is 10.0. The fourth-order valence-corrected chi connectivity index (χ4v) is 0.110. The first-order chi connectivity index (χ1) is 4.16. The lowest BCUT2D eigenvalue weighted by molar-refractivity contribution is -0.478. The van der Waals surface area contributed by atoms with Crippen molar-refractivity contribution in [3.05, 3.63) is 23.2 Å². The fourth-order valence-electron chi connectivity index (χ4n) is 0.110. The molecule has 0 unspecified atom stereocenters. The van der Waals surface area contributed by atoms with E-state index in [0.717, 1.165) is 13.2 Å². The van der Waals surface area contributed by atoms with Gasteiger partial charge in [0.15, 0.2) is 0 Å². The molecule has 0 aliphatic rings. The molecule has 0 spiro atoms. The Bertz CT molecular complexity index is 85.9. The van der Waals surface area contributed by atoms with Gasteiger partial charge in [-0.2, -0.15) is 0 Å². The van der Waals surface area contributed by atoms with Crippen LogP contribution in [-0.4, -0.2) is 17.5 Å². The molecule has 9 heavy (non-hydrogen) atoms. The smallest absolute Gasteiger partial charge is 0.0108 e. The molecule has 0 saturated heterocycles. The van der Waals surface area contributed by atoms with Gasteiger partial charge in [-0.25, -0.2) is 5.23 Å². The third-order valence-electron chi connectivity index (χ3n) is 0.361. The van der Waals surface area contributed by atoms with E-state index in [9.17, 15) is 10.4 Å². The van der Waals surface area contributed by atoms with Crippen molar-refractivity contribution >= 4 is 0 Å². The number of rotatable bonds is 4. The largest absolute Gasteiger partial charge is 0.760 e. The first-order valence-corrected chi connectivity index (χ1v) is 2.01. The van der Waals surface area contributed by atoms with Crippen LogP contribution in [0.3, 0.4) is 0 Å². The van der Waals surface area contributed by atoms with Crippen molar-refractivity contribution in [3.63, 3.8) is 0 Å². The first-order valence-electron chi connectivity index (χ1n) is 2.01. The van der Waals surface area contributed by atoms with Gasteiger partial charge in [-0.3, -0.25) is 5.23 Å². The average Bonchev–Trinajstić information content (AvgIpc) is 1.83. The second-order valence-electron chi connectivity index (χ2n) is 1.06. The first kappa shape index (κ1) is 8.34. The molecule has 0 aromatic rings. The van der Waals surface area contributed by atoms with Crippen LogP contribution in [0.25, 0.3) is 0 Å². The summed E-state index contributed by atoms with van der Waals surface area (Å²) in [4.78, 5) is 7.44. The van der Waals surface area contributed by atoms with Crippen LogP contribution < -0.4 is 0 Å². The Morgan fingerprint density at radius 3 is 2.33 bits per heavy atom. The molecule has 0 rings (SSSR count). The summed E-state index contributed by atoms with van der Waals surface area (Å²) < 4.78 is 0. The molecular weight excluding hydrogens is 128 g/mol. The minimum absolute atomic E-state index is 0.0194. The van der Waals surface area contributed by atoms with Gasteiger partial charge in [-0.1, -0.05) is 6.58 Å². The van der Waals surface area contributed by atoms with E-state index in [1.165, 1.54) is 0 Å². The van der Waals surface area contributed by atoms with E-state index in [1.54, 1.807) is 0 Å². The van der Waals surface area contributed by atoms with Crippen molar-refractivity contribution in [1.29, 1.82) is 0 Å². The Morgan fingerprint density at radius 2 is 2.00 bits per heavy atom. The van der Waals surface area contributed by atoms with E-state index in [1.807, 2.05) is 0 Å². The van der Waals surface area contributed by atoms with E-state index in [2.05, 4.69) is 16.6 Å². The lowest BCUT2D eigenvalue weighted by Gasteiger charge is -2.26. The summed E-state index contributed by atoms with van der Waals surface area (Å²) in [6.45, 7) is 3.03. The summed E-state index contributed by atoms with van der Waals surface area (Å²) in [5.41, 5.74) is 0. The normalized spacial score (nSPS) is 9.78. The van der Waals surface area contributed by atoms with E-state index < -0.39 is 0 Å². The van der Waals surface area contributed by atoms with Crippen molar-refractivity contribution in [1.82, 2.24) is 10.5 Å². The number of hydroxylamine groups is 4. The molecule has 0 amide bonds. The maximum Gasteiger partial charge on any atom is 0.0108 e. The van der Waals surface area contributed by atoms with Crippen molar-refractivity contribution in [3.8, 4) is 0 Å². The zero-order chi connectivity index (χ0) is 7.28. The van der Waals surface area contributed by atoms with Crippen LogP contribution in [0.4, 0.5) is 0 Å². The lowest BCUT2D eigenvalue weighted by atomic mass is 11.1. The highest BCUT2D eigenvalue weighted by Crippen LogP contribution is 1.89. The third kappa shape index (κ3) is 5.21. The van der Waals surface area contributed by atoms with Crippen molar-refractivity contribution in [2.45, 2.75) is 0 Å². The van der Waals surface area contributed by atoms with Gasteiger partial charge >= 0.3 is 0 Å². The summed E-state index contributed by atoms with van der Waals surface area (Å²) in [6.07, 6.45) is 0.795. The van der Waals surface area contributed by atoms with Gasteiger partial charge in [-0.15, -0.1) is 9.98 Å². The summed E-state index contributed by atoms with van der Waals surface area (Å²) in [5, 5.41) is 19.7. The highest BCUT2D eigenvalue weighted by Gasteiger charge is 1.82. The monoisotopic (exact) mass is 134 g/mol. The molecule has 0 fully saturated rings. The van der Waals surface area contributed by atoms with Crippen LogP contribution in [0, 0.1) is 10.4 Å². The lowest BCUT2D eigenvalue weighted by Crippen LogP contribution is -2.17. The summed E-state index contributed by atoms with van der Waals surface area (Å²) >= 11 is 0. The highest BCUT2D eigenvalue weighted by molar-refractivity contribution is 4.60. The average molecular weight is 134 g/mol. The van der Waals surface area contributed by atoms with Crippen molar-refractivity contribution in [2.75, 3.05) is 7.05 Å². The standard InChI is InChI=1S/C3H6N2O4/c1-3-5(7)9-8-4(2)6/h3H,1H2,2H3/q-2. The topological polar surface area (TPSA) is 71.1 Å². The molecule has 0 aliphatic heterocycles. The minimum Gasteiger partial charge on any atom is -0.760 e. The molecule has 6 heteroatoms. The summed E-state index contributed by atoms with van der Waals surface area (Å²) in [7, 11) is 1.02. The molecule has 0 saturated carbocycles. The highest BCUT2D eigenvalue weighted by atomic mass is 17.4. The zero-order valence-electron chi connectivity index (χ0n) is 4.81. The summed E-state index contributed by atoms with van der Waals surface area (Å²) in [5.74, 6) is 0. The predicted octanol–water partition coefficient (Wildman–Crippen LogP) is 0.137. The molecule has 0 aliphatic carbocycles. The van der Waals surface area contributed by atoms with Gasteiger partial charge in [0.1, 0.15) is 0 Å². The van der Waals surface area contributed by atoms with E-state index in [0.29, 0.717) is 0 Å². The SMILES string of the molecule is C=CN([O-])OON(C)[O-]. The van der Waals surface area contributed by atoms with Crippen LogP contribution in [0.15, 0.2) is 12.8 Å². The summed E-state index contributed by atoms with van der Waals surface area (Å²) in [6, 6.07) is 0. The van der Waals surface area contributed by atoms with Gasteiger partial charge in [0, 0.05) is 13.2 Å². The Labute approximate surface area is 51.9 Å². The van der Waals surface area contributed by atoms with E-state index in [-0.39, 0.29) is 10.5 Å². The second kappa shape index (κ2) is 4.24. The fraction of sp³-hybridized carbons (Fsp3) is 0.333. The van der Waals surface area contributed by atoms with Crippen LogP contribution in [0.2, 0.25) is 0 Å². The number of nitrogens with zero attached hydrogens (tertiary/aromatic N) is 2. The molecule has 0 atom stereocenters. The van der Waals surface area contributed by atoms with Gasteiger partial charge in [0.05, 0.1) is 0 Å². The van der Waals surface area contributed by atoms with Gasteiger partial charge < -0.3 is 10.4 Å². The van der Waals surface area contributed by atoms with Crippen LogP contribution in [0.1, 0.15) is 0 Å². The Hall–Kier alpha value is -0.660. The molecule has 0 aromatic heterocycles. The molecule has 0 N–H and O–H groups in total. The van der Waals surface area contributed by atoms with Gasteiger partial charge in [-0.05, 0) is 0 Å². The predicted molar refractivity (Wildman–Crippen MR) is 28.7 cm³/mol. The molecule has 0 radical (unpaired) electrons. The zero-order valence-corrected chi connectivity index (χ0v) is 4.81. The molecule has 0 bridgehead atoms. The quantitative estimate of drug-likeness (QED) is 0.402. The number of hydrogen-bond donors (Lipinski definition) is 0. The molecule has 0 heterocycles. The van der Waals surface area contributed by atoms with Gasteiger partial charge in [0.25, 0.3) is 0 Å². The van der Waals surface area contributed by atoms with Crippen molar-refractivity contribution < 1.29 is 9.98 Å². The van der Waals surface area contributed by atoms with Crippen LogP contribution in [0.5, 0.6) is 0 Å². The van der Waals surface area contributed by atoms with Gasteiger partial charge in [0.2, 0.25) is 0 Å². The van der Waals surface area contributed by atoms with Crippen LogP contribution in [-0.2, 0) is 9.98 Å². The van der Waals surface area contributed by atoms with E-state index in [4.69, 9.17) is 0 Å². The molecule has 54 valence electrons. The molecular formula is C3H6N2O4-2. The molecule has 6 nitrogen and oxygen atoms in total. The van der Waals surface area contributed by atoms with Crippen LogP contribution >= 0.6 is 0 Å². The minimum atomic E-state index is -0.103. The van der Waals surface area contributed by atoms with Crippen molar-refractivity contribution in [2.24, 2.45) is 0 Å². The second-order valence-corrected chi connectivity index (χ2v) is 1.06. The molecule has 0 aromatic carbocycles. The number of hydrogen-bond acceptors (Lipinski definition) is 6. The Balaban J connectivity index is 3.16. The van der Waals surface area contributed by atoms with E-state index >= 15 is 0 Å². The Kier molecular flexibility index (Phi) is 3.93. The Morgan fingerprint density at radius 1 is 1.44 bits per heavy atom. The maximum absolute atomic E-state index is 10.0.